The Morgan fingerprint density at radius 2 is 1.66 bits per heavy atom. The molecule has 0 saturated carbocycles. The number of H-pyrrole nitrogens is 1. The standard InChI is InChI=1S/C30H25N3O4S/c1-20-26-17-22(12-14-27(26)32-31-20)30(34)29-18-23-16-24(37-19-21-8-4-2-5-9-21)13-15-28(23)33(29)38(35,36)25-10-6-3-7-11-25/h2-18,30,34H,19H2,1H3,(H,31,32). The number of aromatic nitrogens is 3. The lowest BCUT2D eigenvalue weighted by molar-refractivity contribution is 0.215. The zero-order chi connectivity index (χ0) is 26.3. The number of rotatable bonds is 7. The second-order valence-electron chi connectivity index (χ2n) is 9.17. The van der Waals surface area contributed by atoms with E-state index in [0.717, 1.165) is 22.2 Å². The molecule has 8 heteroatoms. The first-order valence-electron chi connectivity index (χ1n) is 12.2. The van der Waals surface area contributed by atoms with Crippen molar-refractivity contribution in [2.75, 3.05) is 0 Å². The van der Waals surface area contributed by atoms with Gasteiger partial charge in [0.1, 0.15) is 18.5 Å². The average Bonchev–Trinajstić information content (AvgIpc) is 3.53. The van der Waals surface area contributed by atoms with Gasteiger partial charge in [0.2, 0.25) is 0 Å². The van der Waals surface area contributed by atoms with Gasteiger partial charge >= 0.3 is 0 Å². The summed E-state index contributed by atoms with van der Waals surface area (Å²) in [6, 6.07) is 30.4. The fraction of sp³-hybridized carbons (Fsp3) is 0.100. The molecule has 0 saturated heterocycles. The molecule has 0 aliphatic rings. The molecule has 0 bridgehead atoms. The maximum absolute atomic E-state index is 13.9. The molecule has 0 spiro atoms. The lowest BCUT2D eigenvalue weighted by atomic mass is 10.0. The molecule has 6 rings (SSSR count). The Balaban J connectivity index is 1.48. The van der Waals surface area contributed by atoms with Gasteiger partial charge in [-0.05, 0) is 66.6 Å². The second-order valence-corrected chi connectivity index (χ2v) is 11.0. The molecule has 7 nitrogen and oxygen atoms in total. The molecule has 38 heavy (non-hydrogen) atoms. The minimum absolute atomic E-state index is 0.136. The third-order valence-corrected chi connectivity index (χ3v) is 8.41. The number of nitrogens with zero attached hydrogens (tertiary/aromatic N) is 2. The molecule has 2 N–H and O–H groups in total. The molecule has 4 aromatic carbocycles. The molecule has 190 valence electrons. The average molecular weight is 524 g/mol. The van der Waals surface area contributed by atoms with E-state index in [1.165, 1.54) is 3.97 Å². The Morgan fingerprint density at radius 1 is 0.921 bits per heavy atom. The maximum Gasteiger partial charge on any atom is 0.268 e. The van der Waals surface area contributed by atoms with Gasteiger partial charge in [-0.3, -0.25) is 5.10 Å². The predicted molar refractivity (Wildman–Crippen MR) is 147 cm³/mol. The van der Waals surface area contributed by atoms with Crippen LogP contribution in [0.4, 0.5) is 0 Å². The van der Waals surface area contributed by atoms with E-state index in [-0.39, 0.29) is 10.6 Å². The molecule has 0 radical (unpaired) electrons. The summed E-state index contributed by atoms with van der Waals surface area (Å²) in [4.78, 5) is 0.136. The van der Waals surface area contributed by atoms with E-state index >= 15 is 0 Å². The first kappa shape index (κ1) is 24.0. The van der Waals surface area contributed by atoms with Crippen LogP contribution in [0.15, 0.2) is 108 Å². The molecule has 0 aliphatic heterocycles. The summed E-state index contributed by atoms with van der Waals surface area (Å²) in [6.45, 7) is 2.29. The quantitative estimate of drug-likeness (QED) is 0.279. The number of ether oxygens (including phenoxy) is 1. The van der Waals surface area contributed by atoms with Crippen molar-refractivity contribution < 1.29 is 18.3 Å². The summed E-state index contributed by atoms with van der Waals surface area (Å²) in [6.07, 6.45) is -1.20. The number of benzene rings is 4. The molecule has 2 aromatic heterocycles. The summed E-state index contributed by atoms with van der Waals surface area (Å²) in [5, 5.41) is 20.3. The molecule has 0 fully saturated rings. The second kappa shape index (κ2) is 9.48. The van der Waals surface area contributed by atoms with Crippen LogP contribution in [0.25, 0.3) is 21.8 Å². The van der Waals surface area contributed by atoms with Gasteiger partial charge in [0.25, 0.3) is 10.0 Å². The highest BCUT2D eigenvalue weighted by Gasteiger charge is 2.27. The number of aromatic amines is 1. The van der Waals surface area contributed by atoms with Crippen molar-refractivity contribution in [1.29, 1.82) is 0 Å². The van der Waals surface area contributed by atoms with Crippen LogP contribution >= 0.6 is 0 Å². The van der Waals surface area contributed by atoms with E-state index in [0.29, 0.717) is 28.8 Å². The van der Waals surface area contributed by atoms with E-state index in [1.54, 1.807) is 60.7 Å². The van der Waals surface area contributed by atoms with Crippen LogP contribution in [0.3, 0.4) is 0 Å². The van der Waals surface area contributed by atoms with Crippen molar-refractivity contribution in [3.8, 4) is 5.75 Å². The van der Waals surface area contributed by atoms with Crippen LogP contribution < -0.4 is 4.74 Å². The smallest absolute Gasteiger partial charge is 0.268 e. The van der Waals surface area contributed by atoms with Crippen LogP contribution in [0.5, 0.6) is 5.75 Å². The van der Waals surface area contributed by atoms with E-state index in [9.17, 15) is 13.5 Å². The number of hydrogen-bond donors (Lipinski definition) is 2. The van der Waals surface area contributed by atoms with E-state index in [4.69, 9.17) is 4.74 Å². The number of fused-ring (bicyclic) bond motifs is 2. The van der Waals surface area contributed by atoms with E-state index in [1.807, 2.05) is 49.4 Å². The van der Waals surface area contributed by atoms with Crippen molar-refractivity contribution in [1.82, 2.24) is 14.2 Å². The summed E-state index contributed by atoms with van der Waals surface area (Å²) in [5.41, 5.74) is 3.93. The first-order chi connectivity index (χ1) is 18.4. The van der Waals surface area contributed by atoms with Gasteiger partial charge in [0, 0.05) is 16.5 Å². The largest absolute Gasteiger partial charge is 0.489 e. The van der Waals surface area contributed by atoms with Gasteiger partial charge in [0.05, 0.1) is 21.6 Å². The summed E-state index contributed by atoms with van der Waals surface area (Å²) < 4.78 is 35.0. The first-order valence-corrected chi connectivity index (χ1v) is 13.6. The molecule has 2 heterocycles. The minimum atomic E-state index is -4.02. The third-order valence-electron chi connectivity index (χ3n) is 6.65. The van der Waals surface area contributed by atoms with Gasteiger partial charge in [-0.1, -0.05) is 54.6 Å². The number of hydrogen-bond acceptors (Lipinski definition) is 5. The Morgan fingerprint density at radius 3 is 2.42 bits per heavy atom. The Labute approximate surface area is 220 Å². The lowest BCUT2D eigenvalue weighted by Crippen LogP contribution is -2.18. The minimum Gasteiger partial charge on any atom is -0.489 e. The van der Waals surface area contributed by atoms with Crippen LogP contribution in [-0.4, -0.2) is 27.7 Å². The van der Waals surface area contributed by atoms with E-state index in [2.05, 4.69) is 10.2 Å². The summed E-state index contributed by atoms with van der Waals surface area (Å²) in [7, 11) is -4.02. The van der Waals surface area contributed by atoms with Gasteiger partial charge in [-0.15, -0.1) is 0 Å². The molecule has 0 aliphatic carbocycles. The molecule has 1 atom stereocenters. The summed E-state index contributed by atoms with van der Waals surface area (Å²) in [5.74, 6) is 0.604. The molecular weight excluding hydrogens is 498 g/mol. The zero-order valence-electron chi connectivity index (χ0n) is 20.6. The number of nitrogens with one attached hydrogen (secondary N) is 1. The molecule has 6 aromatic rings. The Hall–Kier alpha value is -4.40. The third kappa shape index (κ3) is 4.23. The van der Waals surface area contributed by atoms with Crippen molar-refractivity contribution >= 4 is 31.8 Å². The van der Waals surface area contributed by atoms with E-state index < -0.39 is 16.1 Å². The monoisotopic (exact) mass is 523 g/mol. The van der Waals surface area contributed by atoms with Gasteiger partial charge in [-0.25, -0.2) is 12.4 Å². The topological polar surface area (TPSA) is 97.2 Å². The highest BCUT2D eigenvalue weighted by atomic mass is 32.2. The van der Waals surface area contributed by atoms with Crippen molar-refractivity contribution in [3.05, 3.63) is 126 Å². The van der Waals surface area contributed by atoms with Crippen molar-refractivity contribution in [2.45, 2.75) is 24.5 Å². The van der Waals surface area contributed by atoms with Gasteiger partial charge in [0.15, 0.2) is 0 Å². The highest BCUT2D eigenvalue weighted by Crippen LogP contribution is 2.35. The maximum atomic E-state index is 13.9. The van der Waals surface area contributed by atoms with Crippen molar-refractivity contribution in [3.63, 3.8) is 0 Å². The van der Waals surface area contributed by atoms with Crippen LogP contribution in [0, 0.1) is 6.92 Å². The highest BCUT2D eigenvalue weighted by molar-refractivity contribution is 7.90. The Bertz CT molecular complexity index is 1860. The molecular formula is C30H25N3O4S. The number of aliphatic hydroxyl groups is 1. The van der Waals surface area contributed by atoms with Crippen LogP contribution in [0.1, 0.15) is 28.6 Å². The normalized spacial score (nSPS) is 12.7. The fourth-order valence-electron chi connectivity index (χ4n) is 4.67. The Kier molecular flexibility index (Phi) is 5.98. The van der Waals surface area contributed by atoms with Gasteiger partial charge < -0.3 is 9.84 Å². The van der Waals surface area contributed by atoms with Crippen LogP contribution in [0.2, 0.25) is 0 Å². The fourth-order valence-corrected chi connectivity index (χ4v) is 6.24. The van der Waals surface area contributed by atoms with Crippen molar-refractivity contribution in [2.24, 2.45) is 0 Å². The number of aliphatic hydroxyl groups excluding tert-OH is 1. The summed E-state index contributed by atoms with van der Waals surface area (Å²) >= 11 is 0. The van der Waals surface area contributed by atoms with Gasteiger partial charge in [-0.2, -0.15) is 5.10 Å². The zero-order valence-corrected chi connectivity index (χ0v) is 21.4. The lowest BCUT2D eigenvalue weighted by Gasteiger charge is -2.17. The number of aryl methyl sites for hydroxylation is 1. The predicted octanol–water partition coefficient (Wildman–Crippen LogP) is 5.72. The molecule has 1 unspecified atom stereocenters. The van der Waals surface area contributed by atoms with Crippen LogP contribution in [-0.2, 0) is 16.6 Å². The molecule has 0 amide bonds. The SMILES string of the molecule is Cc1[nH]nc2ccc(C(O)c3cc4cc(OCc5ccccc5)ccc4n3S(=O)(=O)c3ccccc3)cc12.